The summed E-state index contributed by atoms with van der Waals surface area (Å²) < 4.78 is 25.9. The van der Waals surface area contributed by atoms with Crippen molar-refractivity contribution in [1.29, 1.82) is 0 Å². The summed E-state index contributed by atoms with van der Waals surface area (Å²) in [6, 6.07) is 19.7. The molecule has 2 aliphatic rings. The third-order valence-electron chi connectivity index (χ3n) is 7.36. The number of carbonyl (C=O) groups excluding carboxylic acids is 2. The first-order valence-corrected chi connectivity index (χ1v) is 14.7. The maximum Gasteiger partial charge on any atom is 0.320 e. The quantitative estimate of drug-likeness (QED) is 0.481. The van der Waals surface area contributed by atoms with Crippen LogP contribution >= 0.6 is 11.6 Å². The first kappa shape index (κ1) is 26.5. The summed E-state index contributed by atoms with van der Waals surface area (Å²) in [5.74, 6) is -1.29. The highest BCUT2D eigenvalue weighted by Gasteiger charge is 2.37. The van der Waals surface area contributed by atoms with Crippen LogP contribution in [0.1, 0.15) is 18.4 Å². The van der Waals surface area contributed by atoms with Crippen molar-refractivity contribution in [3.05, 3.63) is 77.3 Å². The van der Waals surface area contributed by atoms with E-state index in [1.165, 1.54) is 17.0 Å². The number of aliphatic hydroxyl groups is 1. The molecule has 38 heavy (non-hydrogen) atoms. The van der Waals surface area contributed by atoms with Crippen molar-refractivity contribution < 1.29 is 23.1 Å². The Hall–Kier alpha value is -3.14. The zero-order valence-electron chi connectivity index (χ0n) is 20.9. The molecule has 10 heteroatoms. The van der Waals surface area contributed by atoms with Crippen molar-refractivity contribution in [1.82, 2.24) is 14.7 Å². The van der Waals surface area contributed by atoms with Gasteiger partial charge in [-0.3, -0.25) is 4.79 Å². The molecule has 1 unspecified atom stereocenters. The lowest BCUT2D eigenvalue weighted by Gasteiger charge is -2.37. The number of piperidine rings is 1. The number of hydrogen-bond acceptors (Lipinski definition) is 5. The van der Waals surface area contributed by atoms with E-state index in [0.29, 0.717) is 56.0 Å². The molecule has 0 aliphatic carbocycles. The first-order chi connectivity index (χ1) is 18.2. The van der Waals surface area contributed by atoms with Crippen molar-refractivity contribution in [2.45, 2.75) is 36.4 Å². The van der Waals surface area contributed by atoms with Gasteiger partial charge in [0.1, 0.15) is 6.10 Å². The van der Waals surface area contributed by atoms with Crippen LogP contribution in [0.5, 0.6) is 0 Å². The van der Waals surface area contributed by atoms with E-state index in [-0.39, 0.29) is 17.0 Å². The maximum absolute atomic E-state index is 13.0. The minimum atomic E-state index is -3.90. The van der Waals surface area contributed by atoms with Gasteiger partial charge in [0.25, 0.3) is 5.91 Å². The average Bonchev–Trinajstić information content (AvgIpc) is 3.27. The molecule has 1 N–H and O–H groups in total. The lowest BCUT2D eigenvalue weighted by molar-refractivity contribution is -0.140. The zero-order chi connectivity index (χ0) is 26.9. The standard InChI is InChI=1S/C28H30ClN3O5S/c29-23-8-6-22-17-25(9-7-21(22)16-23)38(36,37)19-26(33)27(34)30-12-10-24(11-13-30)32-15-14-31(28(32)35)18-20-4-2-1-3-5-20/h1-9,16-17,24,26,33H,10-15,18-19H2. The lowest BCUT2D eigenvalue weighted by atomic mass is 10.0. The predicted molar refractivity (Wildman–Crippen MR) is 146 cm³/mol. The minimum absolute atomic E-state index is 0.00224. The van der Waals surface area contributed by atoms with Crippen LogP contribution in [-0.4, -0.2) is 84.2 Å². The molecule has 5 rings (SSSR count). The van der Waals surface area contributed by atoms with Crippen molar-refractivity contribution >= 4 is 44.1 Å². The Morgan fingerprint density at radius 2 is 1.63 bits per heavy atom. The number of amides is 3. The molecule has 0 aromatic heterocycles. The van der Waals surface area contributed by atoms with E-state index in [1.54, 1.807) is 24.3 Å². The molecular weight excluding hydrogens is 526 g/mol. The third-order valence-corrected chi connectivity index (χ3v) is 9.32. The first-order valence-electron chi connectivity index (χ1n) is 12.7. The number of nitrogens with zero attached hydrogens (tertiary/aromatic N) is 3. The number of benzene rings is 3. The summed E-state index contributed by atoms with van der Waals surface area (Å²) in [5.41, 5.74) is 1.08. The Morgan fingerprint density at radius 1 is 0.947 bits per heavy atom. The number of sulfone groups is 1. The van der Waals surface area contributed by atoms with Crippen LogP contribution in [-0.2, 0) is 21.2 Å². The molecule has 3 aromatic carbocycles. The van der Waals surface area contributed by atoms with Gasteiger partial charge in [0.2, 0.25) is 0 Å². The fourth-order valence-corrected chi connectivity index (χ4v) is 6.78. The van der Waals surface area contributed by atoms with E-state index < -0.39 is 27.6 Å². The van der Waals surface area contributed by atoms with Gasteiger partial charge in [0.05, 0.1) is 10.6 Å². The second kappa shape index (κ2) is 10.9. The molecule has 0 saturated carbocycles. The summed E-state index contributed by atoms with van der Waals surface area (Å²) in [4.78, 5) is 31.2. The fourth-order valence-electron chi connectivity index (χ4n) is 5.26. The number of likely N-dealkylation sites (tertiary alicyclic amines) is 1. The Balaban J connectivity index is 1.15. The fraction of sp³-hybridized carbons (Fsp3) is 0.357. The Morgan fingerprint density at radius 3 is 2.37 bits per heavy atom. The summed E-state index contributed by atoms with van der Waals surface area (Å²) in [7, 11) is -3.90. The lowest BCUT2D eigenvalue weighted by Crippen LogP contribution is -2.51. The third kappa shape index (κ3) is 5.65. The molecular formula is C28H30ClN3O5S. The number of rotatable bonds is 7. The summed E-state index contributed by atoms with van der Waals surface area (Å²) in [5, 5.41) is 12.6. The molecule has 2 aliphatic heterocycles. The normalized spacial score (nSPS) is 17.8. The van der Waals surface area contributed by atoms with Gasteiger partial charge in [-0.1, -0.05) is 54.1 Å². The van der Waals surface area contributed by atoms with E-state index in [9.17, 15) is 23.1 Å². The monoisotopic (exact) mass is 555 g/mol. The van der Waals surface area contributed by atoms with Gasteiger partial charge in [0.15, 0.2) is 9.84 Å². The number of fused-ring (bicyclic) bond motifs is 1. The Labute approximate surface area is 227 Å². The predicted octanol–water partition coefficient (Wildman–Crippen LogP) is 3.56. The van der Waals surface area contributed by atoms with Crippen LogP contribution in [0.15, 0.2) is 71.6 Å². The topological polar surface area (TPSA) is 98.2 Å². The van der Waals surface area contributed by atoms with Crippen LogP contribution < -0.4 is 0 Å². The second-order valence-corrected chi connectivity index (χ2v) is 12.4. The van der Waals surface area contributed by atoms with Crippen LogP contribution in [0.25, 0.3) is 10.8 Å². The van der Waals surface area contributed by atoms with Crippen LogP contribution in [0.4, 0.5) is 4.79 Å². The molecule has 8 nitrogen and oxygen atoms in total. The number of carbonyl (C=O) groups is 2. The van der Waals surface area contributed by atoms with Crippen molar-refractivity contribution in [3.63, 3.8) is 0 Å². The van der Waals surface area contributed by atoms with Crippen LogP contribution in [0.3, 0.4) is 0 Å². The summed E-state index contributed by atoms with van der Waals surface area (Å²) in [6.45, 7) is 2.59. The van der Waals surface area contributed by atoms with Gasteiger partial charge < -0.3 is 19.8 Å². The molecule has 0 radical (unpaired) electrons. The van der Waals surface area contributed by atoms with Gasteiger partial charge in [-0.2, -0.15) is 0 Å². The summed E-state index contributed by atoms with van der Waals surface area (Å²) in [6.07, 6.45) is -0.487. The van der Waals surface area contributed by atoms with E-state index in [2.05, 4.69) is 0 Å². The number of halogens is 1. The molecule has 2 fully saturated rings. The van der Waals surface area contributed by atoms with Crippen molar-refractivity contribution in [2.75, 3.05) is 31.9 Å². The minimum Gasteiger partial charge on any atom is -0.382 e. The molecule has 2 heterocycles. The number of urea groups is 1. The SMILES string of the molecule is O=C(C(O)CS(=O)(=O)c1ccc2cc(Cl)ccc2c1)N1CCC(N2CCN(Cc3ccccc3)C2=O)CC1. The zero-order valence-corrected chi connectivity index (χ0v) is 22.4. The number of hydrogen-bond donors (Lipinski definition) is 1. The van der Waals surface area contributed by atoms with E-state index in [0.717, 1.165) is 10.9 Å². The molecule has 2 saturated heterocycles. The van der Waals surface area contributed by atoms with Crippen molar-refractivity contribution in [2.24, 2.45) is 0 Å². The second-order valence-electron chi connectivity index (χ2n) is 9.89. The highest BCUT2D eigenvalue weighted by Crippen LogP contribution is 2.25. The molecule has 0 spiro atoms. The highest BCUT2D eigenvalue weighted by molar-refractivity contribution is 7.91. The molecule has 3 amide bonds. The average molecular weight is 556 g/mol. The van der Waals surface area contributed by atoms with Gasteiger partial charge in [-0.15, -0.1) is 0 Å². The van der Waals surface area contributed by atoms with Gasteiger partial charge in [-0.05, 0) is 53.4 Å². The largest absolute Gasteiger partial charge is 0.382 e. The van der Waals surface area contributed by atoms with Gasteiger partial charge >= 0.3 is 6.03 Å². The smallest absolute Gasteiger partial charge is 0.320 e. The van der Waals surface area contributed by atoms with Crippen LogP contribution in [0.2, 0.25) is 5.02 Å². The maximum atomic E-state index is 13.0. The van der Waals surface area contributed by atoms with E-state index in [4.69, 9.17) is 11.6 Å². The Bertz CT molecular complexity index is 1440. The number of aliphatic hydroxyl groups excluding tert-OH is 1. The van der Waals surface area contributed by atoms with Crippen molar-refractivity contribution in [3.8, 4) is 0 Å². The Kier molecular flexibility index (Phi) is 7.61. The molecule has 1 atom stereocenters. The molecule has 200 valence electrons. The van der Waals surface area contributed by atoms with E-state index >= 15 is 0 Å². The van der Waals surface area contributed by atoms with Gasteiger partial charge in [0, 0.05) is 43.8 Å². The molecule has 3 aromatic rings. The molecule has 0 bridgehead atoms. The van der Waals surface area contributed by atoms with E-state index in [1.807, 2.05) is 40.1 Å². The highest BCUT2D eigenvalue weighted by atomic mass is 35.5. The van der Waals surface area contributed by atoms with Crippen LogP contribution in [0, 0.1) is 0 Å². The summed E-state index contributed by atoms with van der Waals surface area (Å²) >= 11 is 6.00. The van der Waals surface area contributed by atoms with Gasteiger partial charge in [-0.25, -0.2) is 13.2 Å².